The molecule has 10 heteroatoms. The number of guanidine groups is 1. The van der Waals surface area contributed by atoms with Crippen molar-refractivity contribution >= 4 is 40.0 Å². The van der Waals surface area contributed by atoms with Crippen LogP contribution in [0.2, 0.25) is 0 Å². The molecule has 1 aromatic carbocycles. The first-order valence-corrected chi connectivity index (χ1v) is 10.2. The van der Waals surface area contributed by atoms with Crippen LogP contribution in [-0.2, 0) is 16.6 Å². The van der Waals surface area contributed by atoms with E-state index in [0.29, 0.717) is 19.0 Å². The van der Waals surface area contributed by atoms with E-state index in [0.717, 1.165) is 11.8 Å². The summed E-state index contributed by atoms with van der Waals surface area (Å²) in [7, 11) is -0.0720. The van der Waals surface area contributed by atoms with E-state index in [-0.39, 0.29) is 36.3 Å². The van der Waals surface area contributed by atoms with Crippen molar-refractivity contribution in [1.29, 1.82) is 0 Å². The lowest BCUT2D eigenvalue weighted by Gasteiger charge is -2.26. The fraction of sp³-hybridized carbons (Fsp3) is 0.588. The molecule has 0 aliphatic rings. The van der Waals surface area contributed by atoms with Gasteiger partial charge in [-0.1, -0.05) is 6.07 Å². The van der Waals surface area contributed by atoms with Crippen LogP contribution in [0.5, 0.6) is 5.75 Å². The molecule has 0 saturated heterocycles. The quantitative estimate of drug-likeness (QED) is 0.315. The summed E-state index contributed by atoms with van der Waals surface area (Å²) in [5.41, 5.74) is 0.0475. The van der Waals surface area contributed by atoms with E-state index in [1.807, 2.05) is 18.9 Å². The molecule has 7 nitrogen and oxygen atoms in total. The predicted octanol–water partition coefficient (Wildman–Crippen LogP) is 2.18. The summed E-state index contributed by atoms with van der Waals surface area (Å²) in [5.74, 6) is 0.386. The van der Waals surface area contributed by atoms with Gasteiger partial charge in [0.25, 0.3) is 0 Å². The highest BCUT2D eigenvalue weighted by Gasteiger charge is 2.22. The Labute approximate surface area is 178 Å². The van der Waals surface area contributed by atoms with Gasteiger partial charge in [0.1, 0.15) is 0 Å². The Morgan fingerprint density at radius 2 is 2.00 bits per heavy atom. The van der Waals surface area contributed by atoms with Crippen molar-refractivity contribution in [2.45, 2.75) is 32.9 Å². The van der Waals surface area contributed by atoms with Gasteiger partial charge in [0.05, 0.1) is 19.9 Å². The van der Waals surface area contributed by atoms with Gasteiger partial charge in [-0.25, -0.2) is 17.5 Å². The molecule has 0 aliphatic carbocycles. The van der Waals surface area contributed by atoms with E-state index in [4.69, 9.17) is 4.74 Å². The number of hydrogen-bond donors (Lipinski definition) is 2. The molecule has 0 unspecified atom stereocenters. The summed E-state index contributed by atoms with van der Waals surface area (Å²) >= 11 is 0. The Hall–Kier alpha value is -1.14. The Morgan fingerprint density at radius 3 is 2.48 bits per heavy atom. The first kappa shape index (κ1) is 25.9. The first-order chi connectivity index (χ1) is 12.0. The number of aliphatic imine (C=N–C) groups is 1. The van der Waals surface area contributed by atoms with E-state index in [9.17, 15) is 12.8 Å². The number of sulfonamides is 1. The van der Waals surface area contributed by atoms with Gasteiger partial charge in [0.15, 0.2) is 17.5 Å². The highest BCUT2D eigenvalue weighted by Crippen LogP contribution is 2.18. The highest BCUT2D eigenvalue weighted by molar-refractivity contribution is 14.0. The summed E-state index contributed by atoms with van der Waals surface area (Å²) in [6.45, 7) is 6.81. The van der Waals surface area contributed by atoms with E-state index in [2.05, 4.69) is 15.0 Å². The Kier molecular flexibility index (Phi) is 10.5. The van der Waals surface area contributed by atoms with Crippen molar-refractivity contribution in [3.05, 3.63) is 29.6 Å². The number of nitrogens with zero attached hydrogens (tertiary/aromatic N) is 2. The summed E-state index contributed by atoms with van der Waals surface area (Å²) in [4.78, 5) is 6.36. The van der Waals surface area contributed by atoms with Gasteiger partial charge < -0.3 is 15.0 Å². The monoisotopic (exact) mass is 516 g/mol. The molecule has 0 spiro atoms. The molecular weight excluding hydrogens is 486 g/mol. The van der Waals surface area contributed by atoms with Crippen molar-refractivity contribution < 1.29 is 17.5 Å². The number of methoxy groups -OCH3 is 1. The third-order valence-electron chi connectivity index (χ3n) is 3.42. The maximum absolute atomic E-state index is 13.9. The van der Waals surface area contributed by atoms with Crippen LogP contribution in [0.3, 0.4) is 0 Å². The van der Waals surface area contributed by atoms with Crippen LogP contribution in [-0.4, -0.2) is 58.3 Å². The van der Waals surface area contributed by atoms with E-state index in [1.165, 1.54) is 13.2 Å². The van der Waals surface area contributed by atoms with Crippen LogP contribution in [0.15, 0.2) is 23.2 Å². The number of ether oxygens (including phenoxy) is 1. The molecular formula is C17H30FIN4O3S. The fourth-order valence-corrected chi connectivity index (χ4v) is 3.50. The first-order valence-electron chi connectivity index (χ1n) is 8.28. The number of halogens is 2. The number of benzene rings is 1. The van der Waals surface area contributed by atoms with Crippen LogP contribution >= 0.6 is 24.0 Å². The molecule has 0 radical (unpaired) electrons. The molecule has 27 heavy (non-hydrogen) atoms. The third kappa shape index (κ3) is 9.56. The lowest BCUT2D eigenvalue weighted by Crippen LogP contribution is -2.46. The van der Waals surface area contributed by atoms with Gasteiger partial charge in [-0.2, -0.15) is 0 Å². The second-order valence-corrected chi connectivity index (χ2v) is 8.50. The molecule has 0 bridgehead atoms. The molecule has 0 atom stereocenters. The minimum Gasteiger partial charge on any atom is -0.494 e. The normalized spacial score (nSPS) is 12.3. The number of rotatable bonds is 8. The van der Waals surface area contributed by atoms with Crippen LogP contribution in [0.4, 0.5) is 4.39 Å². The smallest absolute Gasteiger partial charge is 0.209 e. The van der Waals surface area contributed by atoms with Crippen molar-refractivity contribution in [3.63, 3.8) is 0 Å². The third-order valence-corrected chi connectivity index (χ3v) is 4.34. The lowest BCUT2D eigenvalue weighted by atomic mass is 10.1. The van der Waals surface area contributed by atoms with E-state index < -0.39 is 21.4 Å². The Balaban J connectivity index is 0.00000676. The zero-order valence-electron chi connectivity index (χ0n) is 16.7. The van der Waals surface area contributed by atoms with Gasteiger partial charge in [-0.3, -0.25) is 4.99 Å². The SMILES string of the molecule is CCNC(=NCC(C)(C)NS(C)(=O)=O)N(C)Cc1ccc(OC)c(F)c1.I. The average molecular weight is 516 g/mol. The largest absolute Gasteiger partial charge is 0.494 e. The van der Waals surface area contributed by atoms with Crippen molar-refractivity contribution in [1.82, 2.24) is 14.9 Å². The summed E-state index contributed by atoms with van der Waals surface area (Å²) < 4.78 is 44.2. The molecule has 0 aromatic heterocycles. The maximum atomic E-state index is 13.9. The molecule has 1 rings (SSSR count). The van der Waals surface area contributed by atoms with Gasteiger partial charge in [-0.15, -0.1) is 24.0 Å². The zero-order valence-corrected chi connectivity index (χ0v) is 19.8. The molecule has 0 aliphatic heterocycles. The standard InChI is InChI=1S/C17H29FN4O3S.HI/c1-7-19-16(20-12-17(2,3)21-26(6,23)24)22(4)11-13-8-9-15(25-5)14(18)10-13;/h8-10,21H,7,11-12H2,1-6H3,(H,19,20);1H. The molecule has 0 heterocycles. The Morgan fingerprint density at radius 1 is 1.37 bits per heavy atom. The minimum absolute atomic E-state index is 0. The lowest BCUT2D eigenvalue weighted by molar-refractivity contribution is 0.385. The summed E-state index contributed by atoms with van der Waals surface area (Å²) in [5, 5.41) is 3.16. The topological polar surface area (TPSA) is 83.0 Å². The highest BCUT2D eigenvalue weighted by atomic mass is 127. The van der Waals surface area contributed by atoms with Crippen molar-refractivity contribution in [2.24, 2.45) is 4.99 Å². The fourth-order valence-electron chi connectivity index (χ4n) is 2.43. The predicted molar refractivity (Wildman–Crippen MR) is 118 cm³/mol. The molecule has 0 fully saturated rings. The molecule has 156 valence electrons. The molecule has 1 aromatic rings. The van der Waals surface area contributed by atoms with Gasteiger partial charge >= 0.3 is 0 Å². The van der Waals surface area contributed by atoms with E-state index >= 15 is 0 Å². The molecule has 0 amide bonds. The summed E-state index contributed by atoms with van der Waals surface area (Å²) in [6.07, 6.45) is 1.12. The van der Waals surface area contributed by atoms with Gasteiger partial charge in [0, 0.05) is 25.7 Å². The van der Waals surface area contributed by atoms with Crippen LogP contribution in [0, 0.1) is 5.82 Å². The van der Waals surface area contributed by atoms with Crippen molar-refractivity contribution in [3.8, 4) is 5.75 Å². The average Bonchev–Trinajstić information content (AvgIpc) is 2.49. The number of nitrogens with one attached hydrogen (secondary N) is 2. The second kappa shape index (κ2) is 11.0. The second-order valence-electron chi connectivity index (χ2n) is 6.75. The minimum atomic E-state index is -3.33. The van der Waals surface area contributed by atoms with Gasteiger partial charge in [-0.05, 0) is 38.5 Å². The van der Waals surface area contributed by atoms with Crippen LogP contribution in [0.1, 0.15) is 26.3 Å². The Bertz CT molecular complexity index is 742. The number of hydrogen-bond acceptors (Lipinski definition) is 4. The molecule has 2 N–H and O–H groups in total. The summed E-state index contributed by atoms with van der Waals surface area (Å²) in [6, 6.07) is 4.80. The molecule has 0 saturated carbocycles. The van der Waals surface area contributed by atoms with Gasteiger partial charge in [0.2, 0.25) is 10.0 Å². The van der Waals surface area contributed by atoms with E-state index in [1.54, 1.807) is 26.0 Å². The van der Waals surface area contributed by atoms with Crippen LogP contribution in [0.25, 0.3) is 0 Å². The van der Waals surface area contributed by atoms with Crippen molar-refractivity contribution in [2.75, 3.05) is 33.5 Å². The van der Waals surface area contributed by atoms with Crippen LogP contribution < -0.4 is 14.8 Å². The zero-order chi connectivity index (χ0) is 20.0. The maximum Gasteiger partial charge on any atom is 0.209 e.